The van der Waals surface area contributed by atoms with Gasteiger partial charge >= 0.3 is 13.1 Å². The Morgan fingerprint density at radius 2 is 1.81 bits per heavy atom. The summed E-state index contributed by atoms with van der Waals surface area (Å²) in [5.41, 5.74) is 6.19. The Bertz CT molecular complexity index is 528. The standard InChI is InChI=1S/C15H22BNO4/c1-10(18)19-12-8-6-7-11(9-12)13(17)16-20-14(2,3)15(4,5)21-16/h6-9,13H,17H2,1-5H3/t13-/m0/s1. The first kappa shape index (κ1) is 16.0. The van der Waals surface area contributed by atoms with Gasteiger partial charge in [0.2, 0.25) is 0 Å². The zero-order valence-corrected chi connectivity index (χ0v) is 13.2. The zero-order chi connectivity index (χ0) is 15.8. The van der Waals surface area contributed by atoms with Gasteiger partial charge in [-0.3, -0.25) is 4.79 Å². The fourth-order valence-electron chi connectivity index (χ4n) is 2.14. The summed E-state index contributed by atoms with van der Waals surface area (Å²) >= 11 is 0. The zero-order valence-electron chi connectivity index (χ0n) is 13.2. The average molecular weight is 291 g/mol. The van der Waals surface area contributed by atoms with Crippen LogP contribution in [0.15, 0.2) is 24.3 Å². The molecule has 0 saturated carbocycles. The maximum absolute atomic E-state index is 11.0. The molecule has 2 N–H and O–H groups in total. The van der Waals surface area contributed by atoms with Gasteiger partial charge in [0.25, 0.3) is 0 Å². The van der Waals surface area contributed by atoms with Crippen molar-refractivity contribution in [2.45, 2.75) is 51.8 Å². The van der Waals surface area contributed by atoms with Crippen LogP contribution in [0.5, 0.6) is 5.75 Å². The van der Waals surface area contributed by atoms with E-state index in [1.54, 1.807) is 18.2 Å². The molecule has 0 bridgehead atoms. The summed E-state index contributed by atoms with van der Waals surface area (Å²) in [6.07, 6.45) is 0. The smallest absolute Gasteiger partial charge is 0.427 e. The third-order valence-corrected chi connectivity index (χ3v) is 4.07. The van der Waals surface area contributed by atoms with E-state index in [0.29, 0.717) is 5.75 Å². The van der Waals surface area contributed by atoms with Gasteiger partial charge in [0.05, 0.1) is 17.1 Å². The number of esters is 1. The molecule has 0 amide bonds. The molecular weight excluding hydrogens is 269 g/mol. The van der Waals surface area contributed by atoms with Crippen molar-refractivity contribution < 1.29 is 18.8 Å². The number of benzene rings is 1. The predicted octanol–water partition coefficient (Wildman–Crippen LogP) is 2.24. The summed E-state index contributed by atoms with van der Waals surface area (Å²) in [4.78, 5) is 11.0. The van der Waals surface area contributed by atoms with Gasteiger partial charge in [0.1, 0.15) is 5.75 Å². The molecule has 1 aliphatic rings. The van der Waals surface area contributed by atoms with Crippen LogP contribution in [0.4, 0.5) is 0 Å². The predicted molar refractivity (Wildman–Crippen MR) is 80.8 cm³/mol. The fraction of sp³-hybridized carbons (Fsp3) is 0.533. The second-order valence-electron chi connectivity index (χ2n) is 6.32. The molecule has 2 rings (SSSR count). The summed E-state index contributed by atoms with van der Waals surface area (Å²) in [6, 6.07) is 7.10. The Hall–Kier alpha value is -1.37. The quantitative estimate of drug-likeness (QED) is 0.525. The van der Waals surface area contributed by atoms with Crippen LogP contribution in [0.2, 0.25) is 0 Å². The van der Waals surface area contributed by atoms with Crippen LogP contribution >= 0.6 is 0 Å². The Kier molecular flexibility index (Phi) is 4.15. The lowest BCUT2D eigenvalue weighted by molar-refractivity contribution is -0.131. The second kappa shape index (κ2) is 5.44. The van der Waals surface area contributed by atoms with Gasteiger partial charge in [0.15, 0.2) is 0 Å². The molecule has 5 nitrogen and oxygen atoms in total. The van der Waals surface area contributed by atoms with E-state index in [0.717, 1.165) is 5.56 Å². The van der Waals surface area contributed by atoms with Crippen LogP contribution in [0.1, 0.15) is 46.1 Å². The maximum atomic E-state index is 11.0. The molecule has 0 aliphatic carbocycles. The largest absolute Gasteiger partial charge is 0.480 e. The Morgan fingerprint density at radius 3 is 2.33 bits per heavy atom. The average Bonchev–Trinajstić information content (AvgIpc) is 2.57. The number of nitrogens with two attached hydrogens (primary N) is 1. The molecule has 1 fully saturated rings. The summed E-state index contributed by atoms with van der Waals surface area (Å²) in [5, 5.41) is 0. The molecular formula is C15H22BNO4. The van der Waals surface area contributed by atoms with Crippen molar-refractivity contribution in [1.82, 2.24) is 0 Å². The summed E-state index contributed by atoms with van der Waals surface area (Å²) in [7, 11) is -0.539. The van der Waals surface area contributed by atoms with E-state index in [2.05, 4.69) is 0 Å². The first-order chi connectivity index (χ1) is 9.62. The van der Waals surface area contributed by atoms with Crippen LogP contribution in [0, 0.1) is 0 Å². The number of ether oxygens (including phenoxy) is 1. The molecule has 1 aromatic rings. The number of rotatable bonds is 3. The van der Waals surface area contributed by atoms with E-state index >= 15 is 0 Å². The minimum Gasteiger partial charge on any atom is -0.427 e. The SMILES string of the molecule is CC(=O)Oc1cccc([C@H](N)B2OC(C)(C)C(C)(C)O2)c1. The molecule has 0 radical (unpaired) electrons. The van der Waals surface area contributed by atoms with E-state index in [1.165, 1.54) is 6.92 Å². The number of carbonyl (C=O) groups is 1. The maximum Gasteiger partial charge on any atom is 0.480 e. The molecule has 0 unspecified atom stereocenters. The summed E-state index contributed by atoms with van der Waals surface area (Å²) < 4.78 is 17.0. The van der Waals surface area contributed by atoms with Crippen molar-refractivity contribution in [3.63, 3.8) is 0 Å². The van der Waals surface area contributed by atoms with Crippen LogP contribution in [-0.4, -0.2) is 24.3 Å². The topological polar surface area (TPSA) is 70.8 Å². The van der Waals surface area contributed by atoms with Crippen LogP contribution in [0.25, 0.3) is 0 Å². The van der Waals surface area contributed by atoms with Gasteiger partial charge in [-0.25, -0.2) is 0 Å². The van der Waals surface area contributed by atoms with Crippen molar-refractivity contribution >= 4 is 13.1 Å². The van der Waals surface area contributed by atoms with Crippen molar-refractivity contribution in [3.05, 3.63) is 29.8 Å². The lowest BCUT2D eigenvalue weighted by Gasteiger charge is -2.32. The van der Waals surface area contributed by atoms with Gasteiger partial charge in [-0.2, -0.15) is 0 Å². The normalized spacial score (nSPS) is 21.1. The third kappa shape index (κ3) is 3.28. The van der Waals surface area contributed by atoms with Crippen molar-refractivity contribution in [2.75, 3.05) is 0 Å². The minimum absolute atomic E-state index is 0.364. The first-order valence-electron chi connectivity index (χ1n) is 7.02. The van der Waals surface area contributed by atoms with E-state index in [9.17, 15) is 4.79 Å². The molecule has 0 aromatic heterocycles. The van der Waals surface area contributed by atoms with Crippen LogP contribution < -0.4 is 10.5 Å². The van der Waals surface area contributed by atoms with Gasteiger partial charge in [0, 0.05) is 6.92 Å². The monoisotopic (exact) mass is 291 g/mol. The Labute approximate surface area is 125 Å². The Morgan fingerprint density at radius 1 is 1.24 bits per heavy atom. The van der Waals surface area contributed by atoms with E-state index in [1.807, 2.05) is 33.8 Å². The van der Waals surface area contributed by atoms with Gasteiger partial charge < -0.3 is 19.8 Å². The van der Waals surface area contributed by atoms with Crippen LogP contribution in [-0.2, 0) is 14.1 Å². The molecule has 1 heterocycles. The Balaban J connectivity index is 2.18. The van der Waals surface area contributed by atoms with Gasteiger partial charge in [-0.15, -0.1) is 0 Å². The molecule has 1 saturated heterocycles. The number of hydrogen-bond acceptors (Lipinski definition) is 5. The highest BCUT2D eigenvalue weighted by atomic mass is 16.7. The highest BCUT2D eigenvalue weighted by Gasteiger charge is 2.53. The molecule has 1 aliphatic heterocycles. The van der Waals surface area contributed by atoms with Gasteiger partial charge in [-0.1, -0.05) is 12.1 Å². The van der Waals surface area contributed by atoms with E-state index in [4.69, 9.17) is 19.8 Å². The highest BCUT2D eigenvalue weighted by Crippen LogP contribution is 2.39. The molecule has 6 heteroatoms. The van der Waals surface area contributed by atoms with E-state index in [-0.39, 0.29) is 5.97 Å². The summed E-state index contributed by atoms with van der Waals surface area (Å²) in [6.45, 7) is 9.29. The molecule has 21 heavy (non-hydrogen) atoms. The van der Waals surface area contributed by atoms with Crippen LogP contribution in [0.3, 0.4) is 0 Å². The second-order valence-corrected chi connectivity index (χ2v) is 6.32. The minimum atomic E-state index is -0.539. The number of carbonyl (C=O) groups excluding carboxylic acids is 1. The molecule has 1 aromatic carbocycles. The van der Waals surface area contributed by atoms with Crippen molar-refractivity contribution in [1.29, 1.82) is 0 Å². The first-order valence-corrected chi connectivity index (χ1v) is 7.02. The molecule has 0 spiro atoms. The lowest BCUT2D eigenvalue weighted by Crippen LogP contribution is -2.41. The lowest BCUT2D eigenvalue weighted by atomic mass is 9.75. The van der Waals surface area contributed by atoms with E-state index < -0.39 is 24.3 Å². The summed E-state index contributed by atoms with van der Waals surface area (Å²) in [5.74, 6) is -0.357. The third-order valence-electron chi connectivity index (χ3n) is 4.07. The molecule has 114 valence electrons. The fourth-order valence-corrected chi connectivity index (χ4v) is 2.14. The van der Waals surface area contributed by atoms with Crippen molar-refractivity contribution in [2.24, 2.45) is 5.73 Å². The van der Waals surface area contributed by atoms with Gasteiger partial charge in [-0.05, 0) is 45.4 Å². The number of hydrogen-bond donors (Lipinski definition) is 1. The highest BCUT2D eigenvalue weighted by molar-refractivity contribution is 6.47. The van der Waals surface area contributed by atoms with Crippen molar-refractivity contribution in [3.8, 4) is 5.75 Å². The molecule has 1 atom stereocenters.